The van der Waals surface area contributed by atoms with Gasteiger partial charge in [-0.3, -0.25) is 4.79 Å². The molecule has 4 nitrogen and oxygen atoms in total. The van der Waals surface area contributed by atoms with Crippen LogP contribution in [0.5, 0.6) is 0 Å². The number of nitrogens with one attached hydrogen (secondary N) is 1. The lowest BCUT2D eigenvalue weighted by atomic mass is 9.95. The molecule has 0 radical (unpaired) electrons. The van der Waals surface area contributed by atoms with E-state index in [9.17, 15) is 9.59 Å². The van der Waals surface area contributed by atoms with Gasteiger partial charge in [0, 0.05) is 17.8 Å². The summed E-state index contributed by atoms with van der Waals surface area (Å²) >= 11 is 1.50. The van der Waals surface area contributed by atoms with Crippen LogP contribution in [-0.2, 0) is 16.0 Å². The van der Waals surface area contributed by atoms with Gasteiger partial charge in [-0.1, -0.05) is 0 Å². The third kappa shape index (κ3) is 4.06. The van der Waals surface area contributed by atoms with E-state index in [1.54, 1.807) is 0 Å². The first-order valence-electron chi connectivity index (χ1n) is 6.62. The molecule has 0 bridgehead atoms. The first-order chi connectivity index (χ1) is 9.19. The highest BCUT2D eigenvalue weighted by atomic mass is 32.1. The summed E-state index contributed by atoms with van der Waals surface area (Å²) in [5, 5.41) is 2.90. The van der Waals surface area contributed by atoms with Gasteiger partial charge in [0.2, 0.25) is 5.91 Å². The van der Waals surface area contributed by atoms with E-state index in [-0.39, 0.29) is 11.9 Å². The van der Waals surface area contributed by atoms with Gasteiger partial charge in [-0.05, 0) is 43.7 Å². The number of carbonyl (C=O) groups is 2. The summed E-state index contributed by atoms with van der Waals surface area (Å²) in [6.07, 6.45) is 4.72. The quantitative estimate of drug-likeness (QED) is 0.862. The van der Waals surface area contributed by atoms with Gasteiger partial charge in [0.25, 0.3) is 0 Å². The predicted octanol–water partition coefficient (Wildman–Crippen LogP) is 2.38. The predicted molar refractivity (Wildman–Crippen MR) is 74.3 cm³/mol. The Kier molecular flexibility index (Phi) is 4.96. The molecule has 0 spiro atoms. The monoisotopic (exact) mass is 281 g/mol. The molecule has 1 fully saturated rings. The van der Waals surface area contributed by atoms with Crippen molar-refractivity contribution >= 4 is 23.2 Å². The van der Waals surface area contributed by atoms with Crippen molar-refractivity contribution in [2.75, 3.05) is 13.7 Å². The molecule has 1 aromatic rings. The number of esters is 1. The Balaban J connectivity index is 1.83. The van der Waals surface area contributed by atoms with E-state index in [1.807, 2.05) is 12.1 Å². The van der Waals surface area contributed by atoms with E-state index in [0.717, 1.165) is 32.2 Å². The summed E-state index contributed by atoms with van der Waals surface area (Å²) in [7, 11) is 1.40. The van der Waals surface area contributed by atoms with Crippen LogP contribution in [-0.4, -0.2) is 25.5 Å². The second-order valence-electron chi connectivity index (χ2n) is 4.84. The Hall–Kier alpha value is -1.36. The van der Waals surface area contributed by atoms with Gasteiger partial charge in [-0.15, -0.1) is 11.3 Å². The van der Waals surface area contributed by atoms with Gasteiger partial charge in [-0.25, -0.2) is 4.79 Å². The number of rotatable bonds is 4. The Labute approximate surface area is 117 Å². The Morgan fingerprint density at radius 3 is 3.11 bits per heavy atom. The smallest absolute Gasteiger partial charge is 0.348 e. The van der Waals surface area contributed by atoms with Crippen molar-refractivity contribution in [1.82, 2.24) is 5.32 Å². The SMILES string of the molecule is COC(=O)c1ccc(CCC2CCNC(=O)CC2)s1. The molecular formula is C14H19NO3S. The van der Waals surface area contributed by atoms with Crippen molar-refractivity contribution < 1.29 is 14.3 Å². The van der Waals surface area contributed by atoms with Crippen molar-refractivity contribution in [1.29, 1.82) is 0 Å². The molecule has 2 heterocycles. The Bertz CT molecular complexity index is 455. The molecule has 1 aliphatic rings. The minimum absolute atomic E-state index is 0.173. The molecule has 2 rings (SSSR count). The molecule has 1 unspecified atom stereocenters. The molecule has 0 aliphatic carbocycles. The van der Waals surface area contributed by atoms with Gasteiger partial charge >= 0.3 is 5.97 Å². The van der Waals surface area contributed by atoms with Crippen LogP contribution < -0.4 is 5.32 Å². The van der Waals surface area contributed by atoms with Gasteiger partial charge in [0.15, 0.2) is 0 Å². The average molecular weight is 281 g/mol. The Morgan fingerprint density at radius 2 is 2.32 bits per heavy atom. The summed E-state index contributed by atoms with van der Waals surface area (Å²) in [6.45, 7) is 0.793. The van der Waals surface area contributed by atoms with Gasteiger partial charge in [-0.2, -0.15) is 0 Å². The molecule has 1 N–H and O–H groups in total. The number of amides is 1. The molecule has 1 saturated heterocycles. The zero-order valence-electron chi connectivity index (χ0n) is 11.1. The fraction of sp³-hybridized carbons (Fsp3) is 0.571. The molecule has 0 aromatic carbocycles. The van der Waals surface area contributed by atoms with Crippen LogP contribution in [0, 0.1) is 5.92 Å². The largest absolute Gasteiger partial charge is 0.465 e. The first-order valence-corrected chi connectivity index (χ1v) is 7.44. The molecule has 104 valence electrons. The zero-order valence-corrected chi connectivity index (χ0v) is 11.9. The van der Waals surface area contributed by atoms with E-state index >= 15 is 0 Å². The van der Waals surface area contributed by atoms with Crippen molar-refractivity contribution in [3.63, 3.8) is 0 Å². The van der Waals surface area contributed by atoms with Crippen LogP contribution >= 0.6 is 11.3 Å². The fourth-order valence-electron chi connectivity index (χ4n) is 2.34. The minimum Gasteiger partial charge on any atom is -0.465 e. The minimum atomic E-state index is -0.263. The molecule has 5 heteroatoms. The molecule has 0 saturated carbocycles. The summed E-state index contributed by atoms with van der Waals surface area (Å²) in [4.78, 5) is 24.5. The molecule has 1 amide bonds. The van der Waals surface area contributed by atoms with E-state index < -0.39 is 0 Å². The van der Waals surface area contributed by atoms with Gasteiger partial charge in [0.05, 0.1) is 7.11 Å². The second kappa shape index (κ2) is 6.70. The van der Waals surface area contributed by atoms with Crippen LogP contribution in [0.25, 0.3) is 0 Å². The molecule has 19 heavy (non-hydrogen) atoms. The normalized spacial score (nSPS) is 19.6. The lowest BCUT2D eigenvalue weighted by Crippen LogP contribution is -2.21. The standard InChI is InChI=1S/C14H19NO3S/c1-18-14(17)12-6-5-11(19-12)4-2-10-3-7-13(16)15-9-8-10/h5-6,10H,2-4,7-9H2,1H3,(H,15,16). The maximum atomic E-state index is 11.4. The van der Waals surface area contributed by atoms with Gasteiger partial charge < -0.3 is 10.1 Å². The molecule has 1 atom stereocenters. The van der Waals surface area contributed by atoms with Crippen molar-refractivity contribution in [2.24, 2.45) is 5.92 Å². The highest BCUT2D eigenvalue weighted by molar-refractivity contribution is 7.13. The van der Waals surface area contributed by atoms with E-state index in [2.05, 4.69) is 5.32 Å². The molecular weight excluding hydrogens is 262 g/mol. The van der Waals surface area contributed by atoms with Crippen molar-refractivity contribution in [3.8, 4) is 0 Å². The van der Waals surface area contributed by atoms with E-state index in [4.69, 9.17) is 4.74 Å². The van der Waals surface area contributed by atoms with Crippen LogP contribution in [0.4, 0.5) is 0 Å². The number of methoxy groups -OCH3 is 1. The highest BCUT2D eigenvalue weighted by Crippen LogP contribution is 2.24. The maximum Gasteiger partial charge on any atom is 0.348 e. The second-order valence-corrected chi connectivity index (χ2v) is 6.01. The molecule has 1 aromatic heterocycles. The fourth-order valence-corrected chi connectivity index (χ4v) is 3.28. The van der Waals surface area contributed by atoms with Crippen LogP contribution in [0.2, 0.25) is 0 Å². The zero-order chi connectivity index (χ0) is 13.7. The molecule has 1 aliphatic heterocycles. The van der Waals surface area contributed by atoms with E-state index in [1.165, 1.54) is 23.3 Å². The number of ether oxygens (including phenoxy) is 1. The van der Waals surface area contributed by atoms with Gasteiger partial charge in [0.1, 0.15) is 4.88 Å². The summed E-state index contributed by atoms with van der Waals surface area (Å²) < 4.78 is 4.70. The van der Waals surface area contributed by atoms with Crippen LogP contribution in [0.15, 0.2) is 12.1 Å². The lowest BCUT2D eigenvalue weighted by molar-refractivity contribution is -0.120. The number of thiophene rings is 1. The summed E-state index contributed by atoms with van der Waals surface area (Å²) in [5.74, 6) is 0.509. The van der Waals surface area contributed by atoms with Crippen LogP contribution in [0.1, 0.15) is 40.2 Å². The maximum absolute atomic E-state index is 11.4. The highest BCUT2D eigenvalue weighted by Gasteiger charge is 2.16. The van der Waals surface area contributed by atoms with E-state index in [0.29, 0.717) is 17.2 Å². The van der Waals surface area contributed by atoms with Crippen LogP contribution in [0.3, 0.4) is 0 Å². The summed E-state index contributed by atoms with van der Waals surface area (Å²) in [6, 6.07) is 3.82. The van der Waals surface area contributed by atoms with Crippen molar-refractivity contribution in [3.05, 3.63) is 21.9 Å². The summed E-state index contributed by atoms with van der Waals surface area (Å²) in [5.41, 5.74) is 0. The third-order valence-corrected chi connectivity index (χ3v) is 4.63. The third-order valence-electron chi connectivity index (χ3n) is 3.50. The average Bonchev–Trinajstić information content (AvgIpc) is 2.79. The number of aryl methyl sites for hydroxylation is 1. The number of hydrogen-bond acceptors (Lipinski definition) is 4. The Morgan fingerprint density at radius 1 is 1.47 bits per heavy atom. The first kappa shape index (κ1) is 14.1. The lowest BCUT2D eigenvalue weighted by Gasteiger charge is -2.11. The number of hydrogen-bond donors (Lipinski definition) is 1. The topological polar surface area (TPSA) is 55.4 Å². The number of carbonyl (C=O) groups excluding carboxylic acids is 2. The van der Waals surface area contributed by atoms with Crippen molar-refractivity contribution in [2.45, 2.75) is 32.1 Å².